The van der Waals surface area contributed by atoms with Gasteiger partial charge in [-0.15, -0.1) is 11.3 Å². The molecule has 128 valence electrons. The van der Waals surface area contributed by atoms with E-state index in [0.717, 1.165) is 39.1 Å². The van der Waals surface area contributed by atoms with E-state index in [-0.39, 0.29) is 6.29 Å². The molecule has 24 heavy (non-hydrogen) atoms. The van der Waals surface area contributed by atoms with E-state index < -0.39 is 0 Å². The van der Waals surface area contributed by atoms with Crippen LogP contribution in [0.1, 0.15) is 35.5 Å². The first-order valence-corrected chi connectivity index (χ1v) is 9.71. The fraction of sp³-hybridized carbons (Fsp3) is 0.526. The fourth-order valence-electron chi connectivity index (χ4n) is 3.60. The molecule has 0 N–H and O–H groups in total. The van der Waals surface area contributed by atoms with Gasteiger partial charge in [-0.2, -0.15) is 0 Å². The Morgan fingerprint density at radius 1 is 1.12 bits per heavy atom. The Morgan fingerprint density at radius 2 is 1.96 bits per heavy atom. The van der Waals surface area contributed by atoms with Gasteiger partial charge in [0.05, 0.1) is 30.0 Å². The van der Waals surface area contributed by atoms with Gasteiger partial charge in [0.1, 0.15) is 0 Å². The smallest absolute Gasteiger partial charge is 0.173 e. The Bertz CT molecular complexity index is 640. The normalized spacial score (nSPS) is 22.9. The van der Waals surface area contributed by atoms with Gasteiger partial charge in [0, 0.05) is 18.3 Å². The van der Waals surface area contributed by atoms with Crippen molar-refractivity contribution in [2.45, 2.75) is 44.6 Å². The van der Waals surface area contributed by atoms with E-state index in [0.29, 0.717) is 6.04 Å². The minimum Gasteiger partial charge on any atom is -0.349 e. The van der Waals surface area contributed by atoms with Crippen molar-refractivity contribution >= 4 is 11.3 Å². The van der Waals surface area contributed by atoms with Crippen molar-refractivity contribution in [3.05, 3.63) is 52.0 Å². The first-order valence-electron chi connectivity index (χ1n) is 8.83. The van der Waals surface area contributed by atoms with E-state index in [4.69, 9.17) is 14.5 Å². The molecule has 2 aliphatic rings. The number of piperidine rings is 1. The Hall–Kier alpha value is -1.27. The largest absolute Gasteiger partial charge is 0.349 e. The molecule has 1 unspecified atom stereocenters. The average Bonchev–Trinajstić information content (AvgIpc) is 3.29. The summed E-state index contributed by atoms with van der Waals surface area (Å²) in [5.41, 5.74) is 2.50. The van der Waals surface area contributed by atoms with Crippen LogP contribution in [0.2, 0.25) is 0 Å². The summed E-state index contributed by atoms with van der Waals surface area (Å²) in [7, 11) is 0. The van der Waals surface area contributed by atoms with Gasteiger partial charge in [0.2, 0.25) is 0 Å². The number of hydrogen-bond donors (Lipinski definition) is 0. The predicted octanol–water partition coefficient (Wildman–Crippen LogP) is 3.46. The zero-order valence-electron chi connectivity index (χ0n) is 13.9. The first kappa shape index (κ1) is 16.2. The van der Waals surface area contributed by atoms with Crippen molar-refractivity contribution in [3.8, 4) is 0 Å². The molecule has 4 nitrogen and oxygen atoms in total. The minimum absolute atomic E-state index is 0.0484. The molecular weight excluding hydrogens is 320 g/mol. The molecule has 1 atom stereocenters. The lowest BCUT2D eigenvalue weighted by molar-refractivity contribution is -0.111. The fourth-order valence-corrected chi connectivity index (χ4v) is 4.42. The number of hydrogen-bond acceptors (Lipinski definition) is 5. The number of nitrogens with zero attached hydrogens (tertiary/aromatic N) is 2. The first-order chi connectivity index (χ1) is 11.9. The predicted molar refractivity (Wildman–Crippen MR) is 95.1 cm³/mol. The second-order valence-electron chi connectivity index (χ2n) is 6.54. The van der Waals surface area contributed by atoms with E-state index in [1.165, 1.54) is 29.1 Å². The molecule has 0 aliphatic carbocycles. The van der Waals surface area contributed by atoms with Gasteiger partial charge in [-0.05, 0) is 24.9 Å². The maximum absolute atomic E-state index is 5.76. The molecule has 2 aliphatic heterocycles. The van der Waals surface area contributed by atoms with E-state index in [1.54, 1.807) is 11.3 Å². The van der Waals surface area contributed by atoms with Crippen LogP contribution in [0.3, 0.4) is 0 Å². The van der Waals surface area contributed by atoms with E-state index >= 15 is 0 Å². The third-order valence-electron chi connectivity index (χ3n) is 4.79. The number of aromatic nitrogens is 1. The van der Waals surface area contributed by atoms with Crippen molar-refractivity contribution in [2.75, 3.05) is 19.8 Å². The van der Waals surface area contributed by atoms with Gasteiger partial charge in [0.25, 0.3) is 0 Å². The van der Waals surface area contributed by atoms with Gasteiger partial charge in [-0.1, -0.05) is 36.8 Å². The second-order valence-corrected chi connectivity index (χ2v) is 7.48. The van der Waals surface area contributed by atoms with Crippen LogP contribution in [-0.4, -0.2) is 42.0 Å². The lowest BCUT2D eigenvalue weighted by Crippen LogP contribution is -2.46. The van der Waals surface area contributed by atoms with Crippen LogP contribution in [0.5, 0.6) is 0 Å². The summed E-state index contributed by atoms with van der Waals surface area (Å²) in [6, 6.07) is 10.9. The molecule has 0 spiro atoms. The van der Waals surface area contributed by atoms with Crippen LogP contribution < -0.4 is 0 Å². The Labute approximate surface area is 147 Å². The van der Waals surface area contributed by atoms with Crippen LogP contribution in [0.4, 0.5) is 0 Å². The molecule has 1 aromatic carbocycles. The van der Waals surface area contributed by atoms with Gasteiger partial charge in [-0.3, -0.25) is 4.90 Å². The van der Waals surface area contributed by atoms with Crippen LogP contribution in [-0.2, 0) is 22.4 Å². The summed E-state index contributed by atoms with van der Waals surface area (Å²) in [6.07, 6.45) is 4.55. The van der Waals surface area contributed by atoms with Crippen molar-refractivity contribution in [3.63, 3.8) is 0 Å². The highest BCUT2D eigenvalue weighted by atomic mass is 32.1. The Kier molecular flexibility index (Phi) is 5.23. The molecule has 0 saturated carbocycles. The van der Waals surface area contributed by atoms with E-state index in [1.807, 2.05) is 0 Å². The molecule has 0 radical (unpaired) electrons. The van der Waals surface area contributed by atoms with Gasteiger partial charge < -0.3 is 9.47 Å². The lowest BCUT2D eigenvalue weighted by atomic mass is 10.0. The summed E-state index contributed by atoms with van der Waals surface area (Å²) < 4.78 is 11.5. The number of ether oxygens (including phenoxy) is 2. The summed E-state index contributed by atoms with van der Waals surface area (Å²) in [4.78, 5) is 7.36. The maximum atomic E-state index is 5.76. The molecule has 0 bridgehead atoms. The summed E-state index contributed by atoms with van der Waals surface area (Å²) in [5.74, 6) is 0. The van der Waals surface area contributed by atoms with Crippen molar-refractivity contribution in [1.82, 2.24) is 9.88 Å². The second kappa shape index (κ2) is 7.74. The topological polar surface area (TPSA) is 34.6 Å². The van der Waals surface area contributed by atoms with E-state index in [2.05, 4.69) is 40.6 Å². The highest BCUT2D eigenvalue weighted by molar-refractivity contribution is 7.09. The Balaban J connectivity index is 1.40. The van der Waals surface area contributed by atoms with Gasteiger partial charge in [-0.25, -0.2) is 4.98 Å². The Morgan fingerprint density at radius 3 is 2.79 bits per heavy atom. The van der Waals surface area contributed by atoms with E-state index in [9.17, 15) is 0 Å². The van der Waals surface area contributed by atoms with Crippen molar-refractivity contribution in [1.29, 1.82) is 0 Å². The van der Waals surface area contributed by atoms with Crippen molar-refractivity contribution in [2.24, 2.45) is 0 Å². The third-order valence-corrected chi connectivity index (χ3v) is 5.69. The molecular formula is C19H24N2O2S. The number of thiazole rings is 1. The molecule has 3 heterocycles. The highest BCUT2D eigenvalue weighted by Crippen LogP contribution is 2.26. The van der Waals surface area contributed by atoms with Crippen LogP contribution in [0.15, 0.2) is 35.7 Å². The van der Waals surface area contributed by atoms with Gasteiger partial charge in [0.15, 0.2) is 6.29 Å². The zero-order chi connectivity index (χ0) is 16.2. The molecule has 5 heteroatoms. The summed E-state index contributed by atoms with van der Waals surface area (Å²) in [6.45, 7) is 3.47. The lowest BCUT2D eigenvalue weighted by Gasteiger charge is -2.37. The molecule has 1 aromatic heterocycles. The SMILES string of the molecule is c1ccc(Cc2nc(CN3CCCCC3C3OCCO3)cs2)cc1. The van der Waals surface area contributed by atoms with Crippen molar-refractivity contribution < 1.29 is 9.47 Å². The summed E-state index contributed by atoms with van der Waals surface area (Å²) in [5, 5.41) is 3.40. The monoisotopic (exact) mass is 344 g/mol. The summed E-state index contributed by atoms with van der Waals surface area (Å²) >= 11 is 1.77. The highest BCUT2D eigenvalue weighted by Gasteiger charge is 2.33. The molecule has 0 amide bonds. The molecule has 2 aromatic rings. The molecule has 2 fully saturated rings. The quantitative estimate of drug-likeness (QED) is 0.832. The number of benzene rings is 1. The number of likely N-dealkylation sites (tertiary alicyclic amines) is 1. The van der Waals surface area contributed by atoms with Crippen LogP contribution >= 0.6 is 11.3 Å². The molecule has 4 rings (SSSR count). The third kappa shape index (κ3) is 3.86. The van der Waals surface area contributed by atoms with Crippen LogP contribution in [0, 0.1) is 0 Å². The van der Waals surface area contributed by atoms with Gasteiger partial charge >= 0.3 is 0 Å². The average molecular weight is 344 g/mol. The minimum atomic E-state index is -0.0484. The molecule has 2 saturated heterocycles. The number of rotatable bonds is 5. The van der Waals surface area contributed by atoms with Crippen LogP contribution in [0.25, 0.3) is 0 Å². The standard InChI is InChI=1S/C19H24N2O2S/c1-2-6-15(7-3-1)12-18-20-16(14-24-18)13-21-9-5-4-8-17(21)19-22-10-11-23-19/h1-3,6-7,14,17,19H,4-5,8-13H2. The zero-order valence-corrected chi connectivity index (χ0v) is 14.7. The maximum Gasteiger partial charge on any atom is 0.173 e.